The molecule has 0 aliphatic heterocycles. The smallest absolute Gasteiger partial charge is 0.377 e. The van der Waals surface area contributed by atoms with Crippen LogP contribution in [-0.2, 0) is 39.8 Å². The lowest BCUT2D eigenvalue weighted by atomic mass is 10.0. The molecule has 0 aromatic heterocycles. The number of carbonyl (C=O) groups excluding carboxylic acids is 4. The van der Waals surface area contributed by atoms with Crippen molar-refractivity contribution >= 4 is 61.3 Å². The fourth-order valence-electron chi connectivity index (χ4n) is 6.69. The van der Waals surface area contributed by atoms with Crippen molar-refractivity contribution in [2.24, 2.45) is 10.2 Å². The highest BCUT2D eigenvalue weighted by atomic mass is 28.4. The second-order valence-electron chi connectivity index (χ2n) is 15.1. The van der Waals surface area contributed by atoms with Gasteiger partial charge >= 0.3 is 26.4 Å². The van der Waals surface area contributed by atoms with Gasteiger partial charge in [0.05, 0.1) is 0 Å². The van der Waals surface area contributed by atoms with Gasteiger partial charge in [0.2, 0.25) is 0 Å². The van der Waals surface area contributed by atoms with Gasteiger partial charge in [0.1, 0.15) is 11.3 Å². The maximum atomic E-state index is 13.9. The first kappa shape index (κ1) is 64.7. The first-order valence-electron chi connectivity index (χ1n) is 22.5. The van der Waals surface area contributed by atoms with Crippen molar-refractivity contribution in [1.29, 1.82) is 0 Å². The van der Waals surface area contributed by atoms with E-state index in [1.807, 2.05) is 18.2 Å². The molecule has 0 aliphatic carbocycles. The van der Waals surface area contributed by atoms with Crippen LogP contribution < -0.4 is 16.0 Å². The number of rotatable bonds is 28. The second-order valence-corrected chi connectivity index (χ2v) is 24.4. The van der Waals surface area contributed by atoms with Crippen molar-refractivity contribution in [3.63, 3.8) is 0 Å². The third-order valence-corrected chi connectivity index (χ3v) is 19.5. The number of azide groups is 2. The van der Waals surface area contributed by atoms with Crippen LogP contribution in [0.2, 0.25) is 18.1 Å². The van der Waals surface area contributed by atoms with Crippen molar-refractivity contribution in [2.75, 3.05) is 83.6 Å². The molecule has 0 fully saturated rings. The van der Waals surface area contributed by atoms with Gasteiger partial charge in [-0.1, -0.05) is 64.8 Å². The highest BCUT2D eigenvalue weighted by Crippen LogP contribution is 2.30. The molecule has 22 nitrogen and oxygen atoms in total. The van der Waals surface area contributed by atoms with Gasteiger partial charge in [-0.15, -0.1) is 0 Å². The molecule has 0 spiro atoms. The van der Waals surface area contributed by atoms with Gasteiger partial charge in [0, 0.05) is 140 Å². The number of nitrogens with one attached hydrogen (secondary N) is 3. The average molecular weight is 1110 g/mol. The van der Waals surface area contributed by atoms with Gasteiger partial charge in [-0.3, -0.25) is 19.2 Å². The van der Waals surface area contributed by atoms with Gasteiger partial charge < -0.3 is 55.8 Å². The lowest BCUT2D eigenvalue weighted by Gasteiger charge is -2.24. The predicted molar refractivity (Wildman–Crippen MR) is 272 cm³/mol. The van der Waals surface area contributed by atoms with E-state index in [1.165, 1.54) is 21.3 Å². The van der Waals surface area contributed by atoms with Crippen molar-refractivity contribution in [3.05, 3.63) is 151 Å². The molecule has 0 bridgehead atoms. The van der Waals surface area contributed by atoms with E-state index in [4.69, 9.17) is 50.9 Å². The Morgan fingerprint density at radius 1 is 0.453 bits per heavy atom. The predicted octanol–water partition coefficient (Wildman–Crippen LogP) is 8.72. The number of nitrogens with zero attached hydrogens (tertiary/aromatic N) is 6. The lowest BCUT2D eigenvalue weighted by Crippen LogP contribution is -2.43. The van der Waals surface area contributed by atoms with Crippen molar-refractivity contribution < 1.29 is 76.6 Å². The summed E-state index contributed by atoms with van der Waals surface area (Å²) in [5.74, 6) is -9.66. The van der Waals surface area contributed by atoms with Crippen LogP contribution in [-0.4, -0.2) is 134 Å². The zero-order valence-electron chi connectivity index (χ0n) is 42.9. The van der Waals surface area contributed by atoms with Gasteiger partial charge in [-0.05, 0) is 54.6 Å². The Hall–Kier alpha value is -6.41. The summed E-state index contributed by atoms with van der Waals surface area (Å²) in [6.07, 6.45) is 1.61. The van der Waals surface area contributed by atoms with Crippen LogP contribution in [0, 0.1) is 23.3 Å². The van der Waals surface area contributed by atoms with Crippen LogP contribution in [0.4, 0.5) is 28.9 Å². The van der Waals surface area contributed by atoms with Gasteiger partial charge in [0.15, 0.2) is 29.1 Å². The first-order valence-corrected chi connectivity index (χ1v) is 28.3. The van der Waals surface area contributed by atoms with Crippen molar-refractivity contribution in [1.82, 2.24) is 16.0 Å². The van der Waals surface area contributed by atoms with E-state index in [0.29, 0.717) is 66.0 Å². The topological polar surface area (TPSA) is 285 Å². The second kappa shape index (κ2) is 33.5. The quantitative estimate of drug-likeness (QED) is 0.00702. The standard InChI is InChI=1S/C20H25NO5Si.C13H16F4N4O4Si.C13H20N4O4Si/c1-24-27(25-2,26-3)15-7-14-21-20(23)18-12-10-17(11-13-18)19(22)16-8-5-4-6-9-16;1-23-26(24-2,25-3)6-4-5-19-13(22)7-8(14)10(16)12(20-21-18)11(17)9(7)15;1-19-22(20-2,21-3)10-4-9-15-13(18)11-5-7-12(8-6-11)16-17-14/h4-6,8-13H,7,14-15H2,1-3H3,(H,21,23);4-6H2,1-3H3,(H,19,22);5-8H,4,9-10H2,1-3H3,(H,15,18). The summed E-state index contributed by atoms with van der Waals surface area (Å²) in [5.41, 5.74) is 16.2. The fraction of sp³-hybridized carbons (Fsp3) is 0.391. The maximum absolute atomic E-state index is 13.9. The monoisotopic (exact) mass is 1110 g/mol. The molecule has 4 aromatic rings. The number of halogens is 4. The summed E-state index contributed by atoms with van der Waals surface area (Å²) in [6, 6.07) is 23.6. The summed E-state index contributed by atoms with van der Waals surface area (Å²) >= 11 is 0. The molecular weight excluding hydrogens is 1050 g/mol. The number of carbonyl (C=O) groups is 4. The number of hydrogen-bond acceptors (Lipinski definition) is 15. The first-order chi connectivity index (χ1) is 35.9. The number of amides is 3. The maximum Gasteiger partial charge on any atom is 0.500 e. The largest absolute Gasteiger partial charge is 0.500 e. The SMILES string of the molecule is CO[Si](CCCNC(=O)c1c(F)c(F)c(N=[N+]=[N-])c(F)c1F)(OC)OC.CO[Si](CCCNC(=O)c1ccc(C(=O)c2ccccc2)cc1)(OC)OC.CO[Si](CCCNC(=O)c1ccc(N=[N+]=[N-])cc1)(OC)OC. The van der Waals surface area contributed by atoms with Crippen LogP contribution in [0.25, 0.3) is 20.9 Å². The normalized spacial score (nSPS) is 11.1. The third kappa shape index (κ3) is 19.3. The minimum atomic E-state index is -2.89. The molecule has 4 aromatic carbocycles. The summed E-state index contributed by atoms with van der Waals surface area (Å²) in [6.45, 7) is 0.875. The molecular formula is C46H61F4N9O13Si3. The molecule has 3 N–H and O–H groups in total. The highest BCUT2D eigenvalue weighted by molar-refractivity contribution is 6.61. The molecule has 0 saturated carbocycles. The Balaban J connectivity index is 0.000000387. The molecule has 0 heterocycles. The Kier molecular flexibility index (Phi) is 28.9. The molecule has 0 radical (unpaired) electrons. The summed E-state index contributed by atoms with van der Waals surface area (Å²) in [5, 5.41) is 13.8. The van der Waals surface area contributed by atoms with Crippen molar-refractivity contribution in [3.8, 4) is 0 Å². The van der Waals surface area contributed by atoms with Gasteiger partial charge in [0.25, 0.3) is 17.7 Å². The minimum absolute atomic E-state index is 0.0671. The van der Waals surface area contributed by atoms with Crippen LogP contribution in [0.5, 0.6) is 0 Å². The van der Waals surface area contributed by atoms with Crippen LogP contribution in [0.1, 0.15) is 66.3 Å². The third-order valence-electron chi connectivity index (χ3n) is 11.0. The van der Waals surface area contributed by atoms with E-state index in [2.05, 4.69) is 36.0 Å². The van der Waals surface area contributed by atoms with E-state index in [1.54, 1.807) is 103 Å². The summed E-state index contributed by atoms with van der Waals surface area (Å²) in [4.78, 5) is 53.2. The molecule has 75 heavy (non-hydrogen) atoms. The Labute approximate surface area is 434 Å². The Morgan fingerprint density at radius 3 is 1.12 bits per heavy atom. The molecule has 408 valence electrons. The van der Waals surface area contributed by atoms with E-state index in [-0.39, 0.29) is 36.6 Å². The van der Waals surface area contributed by atoms with E-state index in [0.717, 1.165) is 0 Å². The fourth-order valence-corrected chi connectivity index (χ4v) is 11.9. The number of ketones is 1. The lowest BCUT2D eigenvalue weighted by molar-refractivity contribution is 0.0934. The van der Waals surface area contributed by atoms with E-state index >= 15 is 0 Å². The highest BCUT2D eigenvalue weighted by Gasteiger charge is 2.39. The molecule has 0 unspecified atom stereocenters. The summed E-state index contributed by atoms with van der Waals surface area (Å²) in [7, 11) is 5.45. The van der Waals surface area contributed by atoms with Crippen LogP contribution >= 0.6 is 0 Å². The summed E-state index contributed by atoms with van der Waals surface area (Å²) < 4.78 is 102. The zero-order valence-corrected chi connectivity index (χ0v) is 45.9. The number of benzene rings is 4. The minimum Gasteiger partial charge on any atom is -0.377 e. The van der Waals surface area contributed by atoms with Crippen LogP contribution in [0.3, 0.4) is 0 Å². The number of hydrogen-bond donors (Lipinski definition) is 3. The Bertz CT molecular complexity index is 2510. The van der Waals surface area contributed by atoms with Crippen molar-refractivity contribution in [2.45, 2.75) is 37.4 Å². The molecule has 29 heteroatoms. The van der Waals surface area contributed by atoms with Gasteiger partial charge in [-0.2, -0.15) is 0 Å². The molecule has 3 amide bonds. The Morgan fingerprint density at radius 2 is 0.773 bits per heavy atom. The molecule has 4 rings (SSSR count). The average Bonchev–Trinajstić information content (AvgIpc) is 3.45. The molecule has 0 saturated heterocycles. The van der Waals surface area contributed by atoms with Gasteiger partial charge in [-0.25, -0.2) is 17.6 Å². The van der Waals surface area contributed by atoms with E-state index in [9.17, 15) is 36.7 Å². The van der Waals surface area contributed by atoms with Crippen LogP contribution in [0.15, 0.2) is 89.1 Å². The molecule has 0 aliphatic rings. The van der Waals surface area contributed by atoms with E-state index < -0.39 is 66.8 Å². The zero-order chi connectivity index (χ0) is 56.0. The molecule has 0 atom stereocenters.